The number of rotatable bonds is 3. The first-order valence-electron chi connectivity index (χ1n) is 7.06. The molecule has 2 unspecified atom stereocenters. The molecule has 0 bridgehead atoms. The van der Waals surface area contributed by atoms with Gasteiger partial charge in [0.25, 0.3) is 0 Å². The lowest BCUT2D eigenvalue weighted by atomic mass is 9.81. The summed E-state index contributed by atoms with van der Waals surface area (Å²) >= 11 is 1.62. The van der Waals surface area contributed by atoms with Crippen molar-refractivity contribution in [3.63, 3.8) is 0 Å². The third kappa shape index (κ3) is 2.84. The molecular weight excluding hydrogens is 280 g/mol. The highest BCUT2D eigenvalue weighted by atomic mass is 32.2. The summed E-state index contributed by atoms with van der Waals surface area (Å²) in [5, 5.41) is 0. The van der Waals surface area contributed by atoms with Crippen LogP contribution in [0.5, 0.6) is 0 Å². The van der Waals surface area contributed by atoms with Crippen molar-refractivity contribution in [2.45, 2.75) is 36.0 Å². The Bertz CT molecular complexity index is 636. The maximum atomic E-state index is 11.9. The third-order valence-electron chi connectivity index (χ3n) is 3.97. The van der Waals surface area contributed by atoms with E-state index in [1.54, 1.807) is 11.8 Å². The molecule has 1 aliphatic rings. The Labute approximate surface area is 129 Å². The van der Waals surface area contributed by atoms with Crippen LogP contribution < -0.4 is 0 Å². The zero-order valence-electron chi connectivity index (χ0n) is 12.2. The number of carbonyl (C=O) groups excluding carboxylic acids is 1. The van der Waals surface area contributed by atoms with Gasteiger partial charge in [-0.1, -0.05) is 66.7 Å². The lowest BCUT2D eigenvalue weighted by molar-refractivity contribution is -0.138. The highest BCUT2D eigenvalue weighted by Crippen LogP contribution is 2.46. The molecule has 1 saturated heterocycles. The van der Waals surface area contributed by atoms with E-state index in [1.165, 1.54) is 5.56 Å². The van der Waals surface area contributed by atoms with Crippen molar-refractivity contribution in [1.82, 2.24) is 0 Å². The van der Waals surface area contributed by atoms with Crippen molar-refractivity contribution < 1.29 is 9.53 Å². The van der Waals surface area contributed by atoms with Gasteiger partial charge in [0.15, 0.2) is 5.44 Å². The third-order valence-corrected chi connectivity index (χ3v) is 5.34. The number of esters is 1. The van der Waals surface area contributed by atoms with Crippen LogP contribution in [0, 0.1) is 6.92 Å². The van der Waals surface area contributed by atoms with Gasteiger partial charge in [0.2, 0.25) is 0 Å². The van der Waals surface area contributed by atoms with Gasteiger partial charge >= 0.3 is 5.97 Å². The van der Waals surface area contributed by atoms with Crippen molar-refractivity contribution >= 4 is 17.7 Å². The average molecular weight is 298 g/mol. The minimum absolute atomic E-state index is 0.119. The molecule has 2 atom stereocenters. The lowest BCUT2D eigenvalue weighted by Gasteiger charge is -2.28. The number of benzene rings is 2. The summed E-state index contributed by atoms with van der Waals surface area (Å²) in [6.07, 6.45) is 0.431. The fourth-order valence-corrected chi connectivity index (χ4v) is 3.80. The first-order valence-corrected chi connectivity index (χ1v) is 7.94. The lowest BCUT2D eigenvalue weighted by Crippen LogP contribution is -2.29. The van der Waals surface area contributed by atoms with Gasteiger partial charge < -0.3 is 4.74 Å². The van der Waals surface area contributed by atoms with Gasteiger partial charge in [-0.15, -0.1) is 0 Å². The van der Waals surface area contributed by atoms with E-state index in [0.717, 1.165) is 10.5 Å². The van der Waals surface area contributed by atoms with Crippen LogP contribution in [0.15, 0.2) is 59.5 Å². The Morgan fingerprint density at radius 3 is 2.43 bits per heavy atom. The van der Waals surface area contributed by atoms with E-state index in [4.69, 9.17) is 4.74 Å². The molecule has 0 N–H and O–H groups in total. The topological polar surface area (TPSA) is 26.3 Å². The highest BCUT2D eigenvalue weighted by molar-refractivity contribution is 7.99. The number of hydrogen-bond donors (Lipinski definition) is 0. The van der Waals surface area contributed by atoms with E-state index < -0.39 is 0 Å². The van der Waals surface area contributed by atoms with Crippen molar-refractivity contribution in [3.05, 3.63) is 65.7 Å². The van der Waals surface area contributed by atoms with Gasteiger partial charge in [-0.3, -0.25) is 4.79 Å². The molecule has 0 aromatic heterocycles. The molecule has 108 valence electrons. The molecule has 0 radical (unpaired) electrons. The Morgan fingerprint density at radius 2 is 1.76 bits per heavy atom. The zero-order valence-corrected chi connectivity index (χ0v) is 13.0. The quantitative estimate of drug-likeness (QED) is 0.789. The number of ether oxygens (including phenoxy) is 1. The van der Waals surface area contributed by atoms with E-state index in [1.807, 2.05) is 18.2 Å². The van der Waals surface area contributed by atoms with Crippen LogP contribution in [-0.4, -0.2) is 11.4 Å². The van der Waals surface area contributed by atoms with Crippen LogP contribution in [0.2, 0.25) is 0 Å². The SMILES string of the molecule is Cc1ccc(SC2OC(=O)CC2(C)c2ccccc2)cc1. The van der Waals surface area contributed by atoms with E-state index in [9.17, 15) is 4.79 Å². The molecule has 3 rings (SSSR count). The molecule has 2 aromatic rings. The Kier molecular flexibility index (Phi) is 3.77. The van der Waals surface area contributed by atoms with Gasteiger partial charge in [0.05, 0.1) is 6.42 Å². The summed E-state index contributed by atoms with van der Waals surface area (Å²) in [6.45, 7) is 4.18. The first kappa shape index (κ1) is 14.2. The number of cyclic esters (lactones) is 1. The number of aryl methyl sites for hydroxylation is 1. The van der Waals surface area contributed by atoms with E-state index in [-0.39, 0.29) is 16.8 Å². The van der Waals surface area contributed by atoms with Crippen LogP contribution in [0.1, 0.15) is 24.5 Å². The Balaban J connectivity index is 1.89. The molecule has 1 aliphatic heterocycles. The largest absolute Gasteiger partial charge is 0.450 e. The van der Waals surface area contributed by atoms with Crippen LogP contribution in [-0.2, 0) is 14.9 Å². The van der Waals surface area contributed by atoms with Gasteiger partial charge in [0.1, 0.15) is 0 Å². The summed E-state index contributed by atoms with van der Waals surface area (Å²) in [5.41, 5.74) is 1.91. The summed E-state index contributed by atoms with van der Waals surface area (Å²) in [7, 11) is 0. The second kappa shape index (κ2) is 5.57. The molecular formula is C18H18O2S. The average Bonchev–Trinajstić information content (AvgIpc) is 2.78. The molecule has 0 spiro atoms. The fourth-order valence-electron chi connectivity index (χ4n) is 2.63. The maximum absolute atomic E-state index is 11.9. The van der Waals surface area contributed by atoms with Crippen molar-refractivity contribution in [3.8, 4) is 0 Å². The van der Waals surface area contributed by atoms with Gasteiger partial charge in [-0.25, -0.2) is 0 Å². The Morgan fingerprint density at radius 1 is 1.10 bits per heavy atom. The van der Waals surface area contributed by atoms with Crippen LogP contribution >= 0.6 is 11.8 Å². The monoisotopic (exact) mass is 298 g/mol. The molecule has 1 heterocycles. The van der Waals surface area contributed by atoms with Crippen LogP contribution in [0.25, 0.3) is 0 Å². The second-order valence-electron chi connectivity index (χ2n) is 5.71. The standard InChI is InChI=1S/C18H18O2S/c1-13-8-10-15(11-9-13)21-17-18(2,12-16(19)20-17)14-6-4-3-5-7-14/h3-11,17H,12H2,1-2H3. The number of carbonyl (C=O) groups is 1. The highest BCUT2D eigenvalue weighted by Gasteiger charge is 2.47. The van der Waals surface area contributed by atoms with Crippen LogP contribution in [0.3, 0.4) is 0 Å². The molecule has 0 aliphatic carbocycles. The van der Waals surface area contributed by atoms with Crippen molar-refractivity contribution in [2.24, 2.45) is 0 Å². The van der Waals surface area contributed by atoms with Crippen molar-refractivity contribution in [1.29, 1.82) is 0 Å². The minimum atomic E-state index is -0.284. The molecule has 21 heavy (non-hydrogen) atoms. The molecule has 2 nitrogen and oxygen atoms in total. The second-order valence-corrected chi connectivity index (χ2v) is 6.85. The number of thioether (sulfide) groups is 1. The first-order chi connectivity index (χ1) is 10.1. The molecule has 3 heteroatoms. The molecule has 0 amide bonds. The van der Waals surface area contributed by atoms with E-state index in [2.05, 4.69) is 50.2 Å². The van der Waals surface area contributed by atoms with Gasteiger partial charge in [-0.05, 0) is 24.6 Å². The molecule has 0 saturated carbocycles. The summed E-state index contributed by atoms with van der Waals surface area (Å²) in [4.78, 5) is 13.0. The summed E-state index contributed by atoms with van der Waals surface area (Å²) in [5.74, 6) is -0.119. The Hall–Kier alpha value is -1.74. The van der Waals surface area contributed by atoms with E-state index in [0.29, 0.717) is 6.42 Å². The van der Waals surface area contributed by atoms with E-state index >= 15 is 0 Å². The smallest absolute Gasteiger partial charge is 0.308 e. The van der Waals surface area contributed by atoms with Crippen LogP contribution in [0.4, 0.5) is 0 Å². The fraction of sp³-hybridized carbons (Fsp3) is 0.278. The van der Waals surface area contributed by atoms with Gasteiger partial charge in [-0.2, -0.15) is 0 Å². The molecule has 1 fully saturated rings. The summed E-state index contributed by atoms with van der Waals surface area (Å²) < 4.78 is 5.59. The minimum Gasteiger partial charge on any atom is -0.450 e. The molecule has 2 aromatic carbocycles. The predicted octanol–water partition coefficient (Wildman–Crippen LogP) is 4.32. The zero-order chi connectivity index (χ0) is 14.9. The summed E-state index contributed by atoms with van der Waals surface area (Å²) in [6, 6.07) is 18.5. The number of hydrogen-bond acceptors (Lipinski definition) is 3. The maximum Gasteiger partial charge on any atom is 0.308 e. The van der Waals surface area contributed by atoms with Crippen molar-refractivity contribution in [2.75, 3.05) is 0 Å². The van der Waals surface area contributed by atoms with Gasteiger partial charge in [0, 0.05) is 10.3 Å². The normalized spacial score (nSPS) is 24.9. The predicted molar refractivity (Wildman–Crippen MR) is 85.3 cm³/mol.